The molecule has 7 heteroatoms. The first-order chi connectivity index (χ1) is 10.6. The number of carbonyl (C=O) groups is 1. The summed E-state index contributed by atoms with van der Waals surface area (Å²) in [7, 11) is 0. The van der Waals surface area contributed by atoms with Crippen LogP contribution in [0.1, 0.15) is 27.5 Å². The Bertz CT molecular complexity index is 656. The highest BCUT2D eigenvalue weighted by Gasteiger charge is 2.29. The van der Waals surface area contributed by atoms with Crippen molar-refractivity contribution in [3.8, 4) is 5.88 Å². The Balaban J connectivity index is 1.53. The summed E-state index contributed by atoms with van der Waals surface area (Å²) in [5.41, 5.74) is 3.39. The Morgan fingerprint density at radius 3 is 2.95 bits per heavy atom. The van der Waals surface area contributed by atoms with Crippen molar-refractivity contribution in [2.75, 3.05) is 19.7 Å². The third-order valence-electron chi connectivity index (χ3n) is 3.75. The van der Waals surface area contributed by atoms with Gasteiger partial charge >= 0.3 is 0 Å². The quantitative estimate of drug-likeness (QED) is 0.863. The topological polar surface area (TPSA) is 68.2 Å². The van der Waals surface area contributed by atoms with Crippen molar-refractivity contribution in [3.05, 3.63) is 33.9 Å². The second-order valence-corrected chi connectivity index (χ2v) is 6.35. The maximum Gasteiger partial charge on any atom is 0.265 e. The number of nitrogens with zero attached hydrogens (tertiary/aromatic N) is 4. The van der Waals surface area contributed by atoms with E-state index in [0.717, 1.165) is 35.8 Å². The van der Waals surface area contributed by atoms with Crippen molar-refractivity contribution in [3.63, 3.8) is 0 Å². The van der Waals surface area contributed by atoms with Gasteiger partial charge in [0.1, 0.15) is 4.88 Å². The average molecular weight is 318 g/mol. The van der Waals surface area contributed by atoms with E-state index in [0.29, 0.717) is 18.4 Å². The van der Waals surface area contributed by atoms with Gasteiger partial charge < -0.3 is 9.64 Å². The molecule has 1 unspecified atom stereocenters. The molecular formula is C15H18N4O2S. The number of aromatic nitrogens is 3. The van der Waals surface area contributed by atoms with Gasteiger partial charge in [0, 0.05) is 25.1 Å². The van der Waals surface area contributed by atoms with Crippen LogP contribution in [0.25, 0.3) is 0 Å². The maximum atomic E-state index is 12.4. The fourth-order valence-corrected chi connectivity index (χ4v) is 3.24. The fourth-order valence-electron chi connectivity index (χ4n) is 2.47. The van der Waals surface area contributed by atoms with Gasteiger partial charge in [0.05, 0.1) is 23.5 Å². The number of hydrogen-bond acceptors (Lipinski definition) is 6. The van der Waals surface area contributed by atoms with E-state index in [4.69, 9.17) is 4.74 Å². The van der Waals surface area contributed by atoms with E-state index in [1.165, 1.54) is 11.3 Å². The molecule has 1 fully saturated rings. The zero-order chi connectivity index (χ0) is 15.5. The molecule has 1 aliphatic heterocycles. The van der Waals surface area contributed by atoms with Crippen LogP contribution >= 0.6 is 11.3 Å². The molecule has 1 aliphatic rings. The van der Waals surface area contributed by atoms with Crippen molar-refractivity contribution in [2.24, 2.45) is 5.92 Å². The van der Waals surface area contributed by atoms with E-state index in [-0.39, 0.29) is 5.91 Å². The van der Waals surface area contributed by atoms with Crippen LogP contribution in [0, 0.1) is 19.8 Å². The second kappa shape index (κ2) is 6.39. The van der Waals surface area contributed by atoms with Gasteiger partial charge in [0.15, 0.2) is 0 Å². The molecule has 2 aromatic rings. The maximum absolute atomic E-state index is 12.4. The molecule has 0 bridgehead atoms. The number of amides is 1. The molecule has 0 spiro atoms. The summed E-state index contributed by atoms with van der Waals surface area (Å²) >= 11 is 1.41. The first kappa shape index (κ1) is 14.9. The van der Waals surface area contributed by atoms with Gasteiger partial charge in [-0.1, -0.05) is 0 Å². The summed E-state index contributed by atoms with van der Waals surface area (Å²) in [5.74, 6) is 0.951. The van der Waals surface area contributed by atoms with E-state index in [1.807, 2.05) is 30.9 Å². The second-order valence-electron chi connectivity index (χ2n) is 5.50. The lowest BCUT2D eigenvalue weighted by molar-refractivity contribution is 0.0786. The molecule has 0 aliphatic carbocycles. The highest BCUT2D eigenvalue weighted by atomic mass is 32.1. The third kappa shape index (κ3) is 3.24. The van der Waals surface area contributed by atoms with Crippen LogP contribution in [0.15, 0.2) is 17.6 Å². The number of hydrogen-bond donors (Lipinski definition) is 0. The number of likely N-dealkylation sites (tertiary alicyclic amines) is 1. The van der Waals surface area contributed by atoms with Crippen LogP contribution in [0.4, 0.5) is 0 Å². The lowest BCUT2D eigenvalue weighted by atomic mass is 10.1. The Labute approximate surface area is 133 Å². The number of carbonyl (C=O) groups excluding carboxylic acids is 1. The minimum Gasteiger partial charge on any atom is -0.476 e. The van der Waals surface area contributed by atoms with Crippen LogP contribution in [-0.4, -0.2) is 45.7 Å². The van der Waals surface area contributed by atoms with Crippen LogP contribution in [0.2, 0.25) is 0 Å². The molecule has 0 radical (unpaired) electrons. The van der Waals surface area contributed by atoms with Crippen LogP contribution in [-0.2, 0) is 0 Å². The number of thiazole rings is 1. The molecule has 2 aromatic heterocycles. The monoisotopic (exact) mass is 318 g/mol. The van der Waals surface area contributed by atoms with Crippen molar-refractivity contribution in [1.82, 2.24) is 20.1 Å². The molecule has 3 heterocycles. The highest BCUT2D eigenvalue weighted by molar-refractivity contribution is 7.11. The average Bonchev–Trinajstić information content (AvgIpc) is 3.15. The zero-order valence-corrected chi connectivity index (χ0v) is 13.5. The number of rotatable bonds is 4. The highest BCUT2D eigenvalue weighted by Crippen LogP contribution is 2.22. The van der Waals surface area contributed by atoms with Gasteiger partial charge in [-0.25, -0.2) is 4.98 Å². The van der Waals surface area contributed by atoms with Gasteiger partial charge in [-0.2, -0.15) is 5.10 Å². The van der Waals surface area contributed by atoms with Crippen LogP contribution in [0.3, 0.4) is 0 Å². The van der Waals surface area contributed by atoms with Gasteiger partial charge in [-0.05, 0) is 26.3 Å². The molecule has 0 aromatic carbocycles. The summed E-state index contributed by atoms with van der Waals surface area (Å²) in [6.45, 7) is 5.80. The van der Waals surface area contributed by atoms with Gasteiger partial charge in [-0.15, -0.1) is 16.4 Å². The summed E-state index contributed by atoms with van der Waals surface area (Å²) in [6.07, 6.45) is 0.947. The summed E-state index contributed by atoms with van der Waals surface area (Å²) in [4.78, 5) is 19.2. The first-order valence-corrected chi connectivity index (χ1v) is 8.14. The minimum atomic E-state index is 0.0811. The summed E-state index contributed by atoms with van der Waals surface area (Å²) < 4.78 is 5.67. The standard InChI is InChI=1S/C15H18N4O2S/c1-10-3-4-13(18-17-10)21-8-12-5-6-19(7-12)15(20)14-11(2)16-9-22-14/h3-4,9,12H,5-8H2,1-2H3. The van der Waals surface area contributed by atoms with E-state index >= 15 is 0 Å². The number of ether oxygens (including phenoxy) is 1. The van der Waals surface area contributed by atoms with Crippen molar-refractivity contribution >= 4 is 17.2 Å². The van der Waals surface area contributed by atoms with Crippen molar-refractivity contribution < 1.29 is 9.53 Å². The van der Waals surface area contributed by atoms with Gasteiger partial charge in [0.2, 0.25) is 5.88 Å². The Hall–Kier alpha value is -2.02. The summed E-state index contributed by atoms with van der Waals surface area (Å²) in [5, 5.41) is 7.95. The molecular weight excluding hydrogens is 300 g/mol. The molecule has 0 saturated carbocycles. The molecule has 1 saturated heterocycles. The molecule has 0 N–H and O–H groups in total. The minimum absolute atomic E-state index is 0.0811. The van der Waals surface area contributed by atoms with E-state index < -0.39 is 0 Å². The largest absolute Gasteiger partial charge is 0.476 e. The fraction of sp³-hybridized carbons (Fsp3) is 0.467. The molecule has 1 amide bonds. The Morgan fingerprint density at radius 1 is 1.41 bits per heavy atom. The normalized spacial score (nSPS) is 17.7. The van der Waals surface area contributed by atoms with Gasteiger partial charge in [0.25, 0.3) is 5.91 Å². The molecule has 22 heavy (non-hydrogen) atoms. The smallest absolute Gasteiger partial charge is 0.265 e. The predicted octanol–water partition coefficient (Wildman–Crippen LogP) is 2.09. The van der Waals surface area contributed by atoms with E-state index in [2.05, 4.69) is 15.2 Å². The molecule has 3 rings (SSSR count). The number of aryl methyl sites for hydroxylation is 2. The molecule has 6 nitrogen and oxygen atoms in total. The predicted molar refractivity (Wildman–Crippen MR) is 83.1 cm³/mol. The van der Waals surface area contributed by atoms with Crippen LogP contribution in [0.5, 0.6) is 5.88 Å². The Morgan fingerprint density at radius 2 is 2.27 bits per heavy atom. The van der Waals surface area contributed by atoms with Crippen molar-refractivity contribution in [2.45, 2.75) is 20.3 Å². The van der Waals surface area contributed by atoms with E-state index in [1.54, 1.807) is 5.51 Å². The Kier molecular flexibility index (Phi) is 4.33. The van der Waals surface area contributed by atoms with Gasteiger partial charge in [-0.3, -0.25) is 4.79 Å². The first-order valence-electron chi connectivity index (χ1n) is 7.26. The molecule has 1 atom stereocenters. The lowest BCUT2D eigenvalue weighted by Crippen LogP contribution is -2.29. The lowest BCUT2D eigenvalue weighted by Gasteiger charge is -2.16. The summed E-state index contributed by atoms with van der Waals surface area (Å²) in [6, 6.07) is 3.69. The van der Waals surface area contributed by atoms with Crippen molar-refractivity contribution in [1.29, 1.82) is 0 Å². The SMILES string of the molecule is Cc1ccc(OCC2CCN(C(=O)c3scnc3C)C2)nn1. The van der Waals surface area contributed by atoms with Crippen LogP contribution < -0.4 is 4.74 Å². The molecule has 116 valence electrons. The third-order valence-corrected chi connectivity index (χ3v) is 4.67. The van der Waals surface area contributed by atoms with E-state index in [9.17, 15) is 4.79 Å². The zero-order valence-electron chi connectivity index (χ0n) is 12.7.